The first-order valence-electron chi connectivity index (χ1n) is 6.23. The zero-order valence-corrected chi connectivity index (χ0v) is 12.3. The van der Waals surface area contributed by atoms with Crippen LogP contribution >= 0.6 is 11.3 Å². The topological polar surface area (TPSA) is 96.1 Å². The number of Topliss-reactive ketones (excluding diaryl/α,β-unsaturated/α-hetero) is 1. The molecule has 0 aliphatic rings. The minimum atomic E-state index is -1.10. The first-order chi connectivity index (χ1) is 10.0. The standard InChI is InChI=1S/C13H13N3O4S/c1-3-20-13(18)10(8(2)17)12-15-14-11(21-12)9-6-4-5-7-16(9)19/h4-7,10H,3H2,1-2H3. The van der Waals surface area contributed by atoms with Crippen molar-refractivity contribution in [3.05, 3.63) is 34.6 Å². The highest BCUT2D eigenvalue weighted by molar-refractivity contribution is 7.14. The van der Waals surface area contributed by atoms with Crippen molar-refractivity contribution >= 4 is 23.1 Å². The SMILES string of the molecule is CCOC(=O)C(C(C)=O)c1nnc(-c2cccc[n+]2[O-])s1. The molecular weight excluding hydrogens is 294 g/mol. The van der Waals surface area contributed by atoms with Crippen molar-refractivity contribution in [2.24, 2.45) is 0 Å². The lowest BCUT2D eigenvalue weighted by Gasteiger charge is -2.08. The van der Waals surface area contributed by atoms with Gasteiger partial charge in [-0.2, -0.15) is 4.73 Å². The third kappa shape index (κ3) is 3.22. The van der Waals surface area contributed by atoms with E-state index in [4.69, 9.17) is 4.74 Å². The molecule has 7 nitrogen and oxygen atoms in total. The second-order valence-electron chi connectivity index (χ2n) is 4.15. The molecule has 0 bridgehead atoms. The Morgan fingerprint density at radius 1 is 1.43 bits per heavy atom. The molecular formula is C13H13N3O4S. The number of hydrogen-bond donors (Lipinski definition) is 0. The molecule has 0 aliphatic carbocycles. The maximum Gasteiger partial charge on any atom is 0.323 e. The molecule has 1 atom stereocenters. The van der Waals surface area contributed by atoms with E-state index in [1.54, 1.807) is 25.1 Å². The number of aromatic nitrogens is 3. The van der Waals surface area contributed by atoms with Crippen molar-refractivity contribution in [3.63, 3.8) is 0 Å². The molecule has 110 valence electrons. The van der Waals surface area contributed by atoms with Gasteiger partial charge in [0, 0.05) is 12.1 Å². The highest BCUT2D eigenvalue weighted by Gasteiger charge is 2.31. The number of nitrogens with zero attached hydrogens (tertiary/aromatic N) is 3. The van der Waals surface area contributed by atoms with Crippen LogP contribution in [0.2, 0.25) is 0 Å². The molecule has 8 heteroatoms. The average Bonchev–Trinajstić information content (AvgIpc) is 2.88. The van der Waals surface area contributed by atoms with Gasteiger partial charge in [0.25, 0.3) is 5.69 Å². The molecule has 0 fully saturated rings. The third-order valence-electron chi connectivity index (χ3n) is 2.66. The van der Waals surface area contributed by atoms with E-state index in [-0.39, 0.29) is 17.4 Å². The van der Waals surface area contributed by atoms with Crippen LogP contribution in [0.15, 0.2) is 24.4 Å². The van der Waals surface area contributed by atoms with Crippen LogP contribution in [-0.2, 0) is 14.3 Å². The Kier molecular flexibility index (Phi) is 4.59. The van der Waals surface area contributed by atoms with Gasteiger partial charge in [0.2, 0.25) is 5.01 Å². The molecule has 2 heterocycles. The Bertz CT molecular complexity index is 671. The van der Waals surface area contributed by atoms with E-state index in [1.165, 1.54) is 13.1 Å². The predicted octanol–water partition coefficient (Wildman–Crippen LogP) is 1.07. The van der Waals surface area contributed by atoms with Crippen LogP contribution in [0.1, 0.15) is 24.8 Å². The van der Waals surface area contributed by atoms with E-state index in [0.717, 1.165) is 11.3 Å². The minimum absolute atomic E-state index is 0.174. The monoisotopic (exact) mass is 307 g/mol. The zero-order valence-electron chi connectivity index (χ0n) is 11.5. The summed E-state index contributed by atoms with van der Waals surface area (Å²) in [5, 5.41) is 20.0. The molecule has 0 amide bonds. The minimum Gasteiger partial charge on any atom is -0.618 e. The van der Waals surface area contributed by atoms with Crippen LogP contribution in [-0.4, -0.2) is 28.6 Å². The van der Waals surface area contributed by atoms with Gasteiger partial charge in [0.05, 0.1) is 6.61 Å². The molecule has 0 N–H and O–H groups in total. The maximum absolute atomic E-state index is 11.8. The first kappa shape index (κ1) is 15.0. The van der Waals surface area contributed by atoms with E-state index in [2.05, 4.69) is 10.2 Å². The van der Waals surface area contributed by atoms with Gasteiger partial charge in [0.15, 0.2) is 17.9 Å². The third-order valence-corrected chi connectivity index (χ3v) is 3.67. The van der Waals surface area contributed by atoms with Crippen LogP contribution in [0, 0.1) is 5.21 Å². The predicted molar refractivity (Wildman–Crippen MR) is 74.4 cm³/mol. The van der Waals surface area contributed by atoms with Gasteiger partial charge in [-0.3, -0.25) is 9.59 Å². The molecule has 1 unspecified atom stereocenters. The van der Waals surface area contributed by atoms with Crippen molar-refractivity contribution in [2.45, 2.75) is 19.8 Å². The normalized spacial score (nSPS) is 11.9. The fourth-order valence-electron chi connectivity index (χ4n) is 1.71. The summed E-state index contributed by atoms with van der Waals surface area (Å²) in [7, 11) is 0. The second kappa shape index (κ2) is 6.40. The lowest BCUT2D eigenvalue weighted by molar-refractivity contribution is -0.593. The summed E-state index contributed by atoms with van der Waals surface area (Å²) >= 11 is 1.03. The second-order valence-corrected chi connectivity index (χ2v) is 5.16. The number of esters is 1. The number of carbonyl (C=O) groups is 2. The maximum atomic E-state index is 11.8. The van der Waals surface area contributed by atoms with Gasteiger partial charge in [0.1, 0.15) is 5.01 Å². The van der Waals surface area contributed by atoms with Crippen molar-refractivity contribution in [2.75, 3.05) is 6.61 Å². The number of ketones is 1. The van der Waals surface area contributed by atoms with Gasteiger partial charge in [-0.05, 0) is 19.9 Å². The summed E-state index contributed by atoms with van der Waals surface area (Å²) < 4.78 is 5.52. The van der Waals surface area contributed by atoms with E-state index in [1.807, 2.05) is 0 Å². The van der Waals surface area contributed by atoms with E-state index >= 15 is 0 Å². The van der Waals surface area contributed by atoms with E-state index in [9.17, 15) is 14.8 Å². The summed E-state index contributed by atoms with van der Waals surface area (Å²) in [4.78, 5) is 23.5. The highest BCUT2D eigenvalue weighted by atomic mass is 32.1. The zero-order chi connectivity index (χ0) is 15.4. The molecule has 2 aromatic heterocycles. The smallest absolute Gasteiger partial charge is 0.323 e. The number of hydrogen-bond acceptors (Lipinski definition) is 7. The van der Waals surface area contributed by atoms with Gasteiger partial charge in [-0.15, -0.1) is 10.2 Å². The molecule has 0 aromatic carbocycles. The molecule has 0 aliphatic heterocycles. The largest absolute Gasteiger partial charge is 0.618 e. The van der Waals surface area contributed by atoms with Gasteiger partial charge >= 0.3 is 5.97 Å². The Labute approximate surface area is 124 Å². The van der Waals surface area contributed by atoms with Crippen LogP contribution in [0.5, 0.6) is 0 Å². The Hall–Kier alpha value is -2.35. The van der Waals surface area contributed by atoms with Crippen molar-refractivity contribution in [1.82, 2.24) is 10.2 Å². The van der Waals surface area contributed by atoms with Crippen molar-refractivity contribution < 1.29 is 19.1 Å². The highest BCUT2D eigenvalue weighted by Crippen LogP contribution is 2.27. The van der Waals surface area contributed by atoms with Crippen LogP contribution < -0.4 is 4.73 Å². The Morgan fingerprint density at radius 2 is 2.19 bits per heavy atom. The summed E-state index contributed by atoms with van der Waals surface area (Å²) in [5.74, 6) is -2.13. The average molecular weight is 307 g/mol. The summed E-state index contributed by atoms with van der Waals surface area (Å²) in [6, 6.07) is 4.87. The Morgan fingerprint density at radius 3 is 2.81 bits per heavy atom. The van der Waals surface area contributed by atoms with Crippen LogP contribution in [0.3, 0.4) is 0 Å². The van der Waals surface area contributed by atoms with Gasteiger partial charge < -0.3 is 9.94 Å². The molecule has 0 spiro atoms. The fourth-order valence-corrected chi connectivity index (χ4v) is 2.72. The number of ether oxygens (including phenoxy) is 1. The van der Waals surface area contributed by atoms with Crippen molar-refractivity contribution in [1.29, 1.82) is 0 Å². The van der Waals surface area contributed by atoms with Crippen molar-refractivity contribution in [3.8, 4) is 10.7 Å². The lowest BCUT2D eigenvalue weighted by atomic mass is 10.1. The van der Waals surface area contributed by atoms with Crippen LogP contribution in [0.4, 0.5) is 0 Å². The molecule has 21 heavy (non-hydrogen) atoms. The summed E-state index contributed by atoms with van der Waals surface area (Å²) in [6.45, 7) is 3.12. The molecule has 2 rings (SSSR count). The van der Waals surface area contributed by atoms with E-state index in [0.29, 0.717) is 15.4 Å². The fraction of sp³-hybridized carbons (Fsp3) is 0.308. The Balaban J connectivity index is 2.35. The molecule has 0 radical (unpaired) electrons. The molecule has 0 saturated heterocycles. The van der Waals surface area contributed by atoms with Crippen LogP contribution in [0.25, 0.3) is 10.7 Å². The number of carbonyl (C=O) groups excluding carboxylic acids is 2. The van der Waals surface area contributed by atoms with Gasteiger partial charge in [-0.1, -0.05) is 11.3 Å². The first-order valence-corrected chi connectivity index (χ1v) is 7.05. The number of rotatable bonds is 5. The summed E-state index contributed by atoms with van der Waals surface area (Å²) in [5.41, 5.74) is 0.312. The number of pyridine rings is 1. The van der Waals surface area contributed by atoms with Gasteiger partial charge in [-0.25, -0.2) is 0 Å². The van der Waals surface area contributed by atoms with E-state index < -0.39 is 11.9 Å². The quantitative estimate of drug-likeness (QED) is 0.355. The molecule has 2 aromatic rings. The summed E-state index contributed by atoms with van der Waals surface area (Å²) in [6.07, 6.45) is 1.34. The lowest BCUT2D eigenvalue weighted by Crippen LogP contribution is -2.27. The molecule has 0 saturated carbocycles.